The fourth-order valence-corrected chi connectivity index (χ4v) is 6.34. The first-order valence-corrected chi connectivity index (χ1v) is 13.2. The molecule has 0 radical (unpaired) electrons. The summed E-state index contributed by atoms with van der Waals surface area (Å²) in [5, 5.41) is 8.97. The fraction of sp³-hybridized carbons (Fsp3) is 0.517. The van der Waals surface area contributed by atoms with Gasteiger partial charge in [-0.25, -0.2) is 0 Å². The number of likely N-dealkylation sites (tertiary alicyclic amines) is 1. The molecule has 1 amide bonds. The SMILES string of the molecule is Cc1cc2[nH]nc(CC3CCCC3)c2cc1C(=O)N1Cc2ccc(CN3CCCCC3)cc2C1. The molecular formula is C29H36N4O. The standard InChI is InChI=1S/C29H36N4O/c1-20-13-27-26(28(31-30-27)15-21-7-3-4-8-21)16-25(20)29(34)33-18-23-10-9-22(14-24(23)19-33)17-32-11-5-2-6-12-32/h9-10,13-14,16,21H,2-8,11-12,15,17-19H2,1H3,(H,30,31). The van der Waals surface area contributed by atoms with Gasteiger partial charge in [0, 0.05) is 30.6 Å². The van der Waals surface area contributed by atoms with E-state index in [1.165, 1.54) is 74.7 Å². The highest BCUT2D eigenvalue weighted by atomic mass is 16.2. The molecule has 1 aromatic heterocycles. The van der Waals surface area contributed by atoms with Crippen LogP contribution in [-0.2, 0) is 26.1 Å². The van der Waals surface area contributed by atoms with Gasteiger partial charge in [-0.05, 0) is 79.6 Å². The van der Waals surface area contributed by atoms with Gasteiger partial charge < -0.3 is 4.90 Å². The van der Waals surface area contributed by atoms with Crippen LogP contribution in [0.2, 0.25) is 0 Å². The molecule has 3 aliphatic rings. The molecule has 2 aliphatic heterocycles. The topological polar surface area (TPSA) is 52.2 Å². The van der Waals surface area contributed by atoms with Gasteiger partial charge in [0.2, 0.25) is 0 Å². The molecule has 0 unspecified atom stereocenters. The summed E-state index contributed by atoms with van der Waals surface area (Å²) in [6.07, 6.45) is 10.3. The zero-order valence-electron chi connectivity index (χ0n) is 20.4. The Morgan fingerprint density at radius 2 is 1.79 bits per heavy atom. The number of carbonyl (C=O) groups excluding carboxylic acids is 1. The lowest BCUT2D eigenvalue weighted by atomic mass is 9.97. The van der Waals surface area contributed by atoms with Crippen molar-refractivity contribution in [3.63, 3.8) is 0 Å². The van der Waals surface area contributed by atoms with Gasteiger partial charge in [0.05, 0.1) is 11.2 Å². The van der Waals surface area contributed by atoms with Crippen LogP contribution in [0.25, 0.3) is 10.9 Å². The Labute approximate surface area is 202 Å². The second kappa shape index (κ2) is 9.18. The van der Waals surface area contributed by atoms with Crippen LogP contribution in [0.15, 0.2) is 30.3 Å². The number of nitrogens with zero attached hydrogens (tertiary/aromatic N) is 3. The molecule has 0 atom stereocenters. The largest absolute Gasteiger partial charge is 0.330 e. The molecule has 3 heterocycles. The molecule has 5 nitrogen and oxygen atoms in total. The van der Waals surface area contributed by atoms with E-state index < -0.39 is 0 Å². The highest BCUT2D eigenvalue weighted by Gasteiger charge is 2.27. The van der Waals surface area contributed by atoms with Crippen molar-refractivity contribution in [3.8, 4) is 0 Å². The third-order valence-electron chi connectivity index (χ3n) is 8.31. The number of fused-ring (bicyclic) bond motifs is 2. The summed E-state index contributed by atoms with van der Waals surface area (Å²) >= 11 is 0. The van der Waals surface area contributed by atoms with Gasteiger partial charge in [-0.15, -0.1) is 0 Å². The Morgan fingerprint density at radius 3 is 2.62 bits per heavy atom. The molecule has 1 saturated carbocycles. The number of amides is 1. The summed E-state index contributed by atoms with van der Waals surface area (Å²) in [7, 11) is 0. The minimum atomic E-state index is 0.140. The quantitative estimate of drug-likeness (QED) is 0.532. The normalized spacial score (nSPS) is 19.3. The molecule has 0 bridgehead atoms. The predicted octanol–water partition coefficient (Wildman–Crippen LogP) is 5.75. The van der Waals surface area contributed by atoms with Crippen LogP contribution in [0.4, 0.5) is 0 Å². The lowest BCUT2D eigenvalue weighted by Gasteiger charge is -2.26. The van der Waals surface area contributed by atoms with Crippen molar-refractivity contribution >= 4 is 16.8 Å². The number of aromatic amines is 1. The minimum Gasteiger partial charge on any atom is -0.330 e. The maximum atomic E-state index is 13.6. The Bertz CT molecular complexity index is 1200. The number of hydrogen-bond acceptors (Lipinski definition) is 3. The number of benzene rings is 2. The monoisotopic (exact) mass is 456 g/mol. The van der Waals surface area contributed by atoms with E-state index in [2.05, 4.69) is 45.4 Å². The summed E-state index contributed by atoms with van der Waals surface area (Å²) < 4.78 is 0. The smallest absolute Gasteiger partial charge is 0.254 e. The second-order valence-corrected chi connectivity index (χ2v) is 10.8. The van der Waals surface area contributed by atoms with Gasteiger partial charge in [-0.3, -0.25) is 14.8 Å². The first kappa shape index (κ1) is 21.8. The average Bonchev–Trinajstić information content (AvgIpc) is 3.59. The van der Waals surface area contributed by atoms with Gasteiger partial charge in [0.25, 0.3) is 5.91 Å². The van der Waals surface area contributed by atoms with E-state index in [4.69, 9.17) is 0 Å². The lowest BCUT2D eigenvalue weighted by Crippen LogP contribution is -2.29. The van der Waals surface area contributed by atoms with Crippen LogP contribution >= 0.6 is 0 Å². The Morgan fingerprint density at radius 1 is 1.00 bits per heavy atom. The molecule has 1 saturated heterocycles. The third kappa shape index (κ3) is 4.26. The molecule has 6 rings (SSSR count). The van der Waals surface area contributed by atoms with Crippen molar-refractivity contribution in [1.82, 2.24) is 20.0 Å². The summed E-state index contributed by atoms with van der Waals surface area (Å²) in [6.45, 7) is 6.90. The number of aromatic nitrogens is 2. The zero-order chi connectivity index (χ0) is 23.1. The van der Waals surface area contributed by atoms with Gasteiger partial charge in [-0.1, -0.05) is 50.3 Å². The zero-order valence-corrected chi connectivity index (χ0v) is 20.4. The molecule has 1 aliphatic carbocycles. The molecule has 3 aromatic rings. The molecule has 2 aromatic carbocycles. The highest BCUT2D eigenvalue weighted by molar-refractivity contribution is 6.00. The number of H-pyrrole nitrogens is 1. The lowest BCUT2D eigenvalue weighted by molar-refractivity contribution is 0.0751. The summed E-state index contributed by atoms with van der Waals surface area (Å²) in [5.41, 5.74) is 8.00. The number of rotatable bonds is 5. The summed E-state index contributed by atoms with van der Waals surface area (Å²) in [5.74, 6) is 0.875. The Hall–Kier alpha value is -2.66. The molecule has 5 heteroatoms. The van der Waals surface area contributed by atoms with Crippen LogP contribution in [0.1, 0.15) is 83.3 Å². The van der Waals surface area contributed by atoms with E-state index >= 15 is 0 Å². The van der Waals surface area contributed by atoms with E-state index in [-0.39, 0.29) is 5.91 Å². The maximum absolute atomic E-state index is 13.6. The maximum Gasteiger partial charge on any atom is 0.254 e. The second-order valence-electron chi connectivity index (χ2n) is 10.8. The van der Waals surface area contributed by atoms with Crippen molar-refractivity contribution in [2.45, 2.75) is 77.9 Å². The molecule has 0 spiro atoms. The number of carbonyl (C=O) groups is 1. The molecular weight excluding hydrogens is 420 g/mol. The van der Waals surface area contributed by atoms with Gasteiger partial charge in [0.1, 0.15) is 0 Å². The van der Waals surface area contributed by atoms with Crippen LogP contribution in [0.3, 0.4) is 0 Å². The summed E-state index contributed by atoms with van der Waals surface area (Å²) in [4.78, 5) is 18.2. The number of piperidine rings is 1. The summed E-state index contributed by atoms with van der Waals surface area (Å²) in [6, 6.07) is 11.1. The van der Waals surface area contributed by atoms with Gasteiger partial charge in [0.15, 0.2) is 0 Å². The first-order valence-electron chi connectivity index (χ1n) is 13.2. The van der Waals surface area contributed by atoms with Gasteiger partial charge >= 0.3 is 0 Å². The Balaban J connectivity index is 1.20. The van der Waals surface area contributed by atoms with Crippen LogP contribution in [0.5, 0.6) is 0 Å². The van der Waals surface area contributed by atoms with Crippen LogP contribution in [-0.4, -0.2) is 39.0 Å². The van der Waals surface area contributed by atoms with E-state index in [0.717, 1.165) is 46.6 Å². The van der Waals surface area contributed by atoms with Gasteiger partial charge in [-0.2, -0.15) is 5.10 Å². The molecule has 1 N–H and O–H groups in total. The predicted molar refractivity (Wildman–Crippen MR) is 136 cm³/mol. The molecule has 2 fully saturated rings. The third-order valence-corrected chi connectivity index (χ3v) is 8.31. The Kier molecular flexibility index (Phi) is 5.90. The van der Waals surface area contributed by atoms with E-state index in [0.29, 0.717) is 13.1 Å². The van der Waals surface area contributed by atoms with E-state index in [1.807, 2.05) is 11.8 Å². The first-order chi connectivity index (χ1) is 16.6. The number of aryl methyl sites for hydroxylation is 1. The van der Waals surface area contributed by atoms with Crippen molar-refractivity contribution in [3.05, 3.63) is 63.8 Å². The minimum absolute atomic E-state index is 0.140. The number of hydrogen-bond donors (Lipinski definition) is 1. The van der Waals surface area contributed by atoms with Crippen LogP contribution in [0, 0.1) is 12.8 Å². The number of nitrogens with one attached hydrogen (secondary N) is 1. The van der Waals surface area contributed by atoms with Crippen molar-refractivity contribution in [2.24, 2.45) is 5.92 Å². The van der Waals surface area contributed by atoms with Crippen molar-refractivity contribution in [1.29, 1.82) is 0 Å². The van der Waals surface area contributed by atoms with Crippen molar-refractivity contribution in [2.75, 3.05) is 13.1 Å². The van der Waals surface area contributed by atoms with E-state index in [9.17, 15) is 4.79 Å². The highest BCUT2D eigenvalue weighted by Crippen LogP contribution is 2.32. The fourth-order valence-electron chi connectivity index (χ4n) is 6.34. The molecule has 178 valence electrons. The van der Waals surface area contributed by atoms with Crippen LogP contribution < -0.4 is 0 Å². The average molecular weight is 457 g/mol. The van der Waals surface area contributed by atoms with E-state index in [1.54, 1.807) is 0 Å². The molecule has 34 heavy (non-hydrogen) atoms. The van der Waals surface area contributed by atoms with Crippen molar-refractivity contribution < 1.29 is 4.79 Å².